The molecule has 0 unspecified atom stereocenters. The molecule has 0 aromatic carbocycles. The van der Waals surface area contributed by atoms with Gasteiger partial charge in [-0.15, -0.1) is 0 Å². The largest absolute Gasteiger partial charge is 0.385 e. The summed E-state index contributed by atoms with van der Waals surface area (Å²) in [5, 5.41) is 0. The van der Waals surface area contributed by atoms with Gasteiger partial charge < -0.3 is 0 Å². The summed E-state index contributed by atoms with van der Waals surface area (Å²) in [4.78, 5) is 0. The standard InChI is InChI=1S/C7H2F12/c8-1-4(12,13)6(16,17)7(18,19)5(14,15)2(9)3(10)11/h1H2. The van der Waals surface area contributed by atoms with Crippen molar-refractivity contribution < 1.29 is 52.7 Å². The van der Waals surface area contributed by atoms with Crippen LogP contribution in [-0.2, 0) is 0 Å². The van der Waals surface area contributed by atoms with E-state index >= 15 is 0 Å². The maximum absolute atomic E-state index is 12.5. The molecule has 0 fully saturated rings. The number of allylic oxidation sites excluding steroid dienone is 1. The predicted octanol–water partition coefficient (Wildman–Crippen LogP) is 4.57. The van der Waals surface area contributed by atoms with E-state index in [4.69, 9.17) is 0 Å². The molecule has 0 saturated carbocycles. The third-order valence-corrected chi connectivity index (χ3v) is 1.86. The van der Waals surface area contributed by atoms with Crippen molar-refractivity contribution in [3.05, 3.63) is 11.9 Å². The molecule has 0 aromatic heterocycles. The van der Waals surface area contributed by atoms with E-state index in [-0.39, 0.29) is 0 Å². The van der Waals surface area contributed by atoms with Crippen LogP contribution in [-0.4, -0.2) is 30.4 Å². The molecule has 0 aromatic rings. The molecule has 0 aliphatic carbocycles. The molecular weight excluding hydrogens is 312 g/mol. The number of alkyl halides is 9. The second kappa shape index (κ2) is 4.78. The fourth-order valence-electron chi connectivity index (χ4n) is 0.767. The molecule has 0 radical (unpaired) electrons. The summed E-state index contributed by atoms with van der Waals surface area (Å²) in [5.41, 5.74) is 0. The molecule has 114 valence electrons. The normalized spacial score (nSPS) is 14.5. The molecule has 0 rings (SSSR count). The molecule has 0 aliphatic heterocycles. The van der Waals surface area contributed by atoms with Gasteiger partial charge in [-0.1, -0.05) is 0 Å². The quantitative estimate of drug-likeness (QED) is 0.652. The fourth-order valence-corrected chi connectivity index (χ4v) is 0.767. The van der Waals surface area contributed by atoms with Crippen molar-refractivity contribution in [1.29, 1.82) is 0 Å². The predicted molar refractivity (Wildman–Crippen MR) is 36.1 cm³/mol. The lowest BCUT2D eigenvalue weighted by Gasteiger charge is -2.34. The lowest BCUT2D eigenvalue weighted by molar-refractivity contribution is -0.362. The number of rotatable bonds is 5. The summed E-state index contributed by atoms with van der Waals surface area (Å²) >= 11 is 0. The van der Waals surface area contributed by atoms with Gasteiger partial charge in [0.05, 0.1) is 0 Å². The fraction of sp³-hybridized carbons (Fsp3) is 0.714. The van der Waals surface area contributed by atoms with E-state index in [1.165, 1.54) is 0 Å². The zero-order chi connectivity index (χ0) is 15.9. The molecule has 19 heavy (non-hydrogen) atoms. The van der Waals surface area contributed by atoms with Crippen LogP contribution in [0.15, 0.2) is 11.9 Å². The minimum Gasteiger partial charge on any atom is -0.244 e. The summed E-state index contributed by atoms with van der Waals surface area (Å²) < 4.78 is 145. The van der Waals surface area contributed by atoms with Gasteiger partial charge in [-0.3, -0.25) is 0 Å². The van der Waals surface area contributed by atoms with Gasteiger partial charge in [0.1, 0.15) is 0 Å². The molecule has 0 atom stereocenters. The van der Waals surface area contributed by atoms with Crippen LogP contribution < -0.4 is 0 Å². The van der Waals surface area contributed by atoms with Crippen LogP contribution in [0, 0.1) is 0 Å². The van der Waals surface area contributed by atoms with Crippen molar-refractivity contribution in [2.24, 2.45) is 0 Å². The van der Waals surface area contributed by atoms with Crippen LogP contribution in [0.2, 0.25) is 0 Å². The lowest BCUT2D eigenvalue weighted by atomic mass is 9.98. The molecule has 0 saturated heterocycles. The van der Waals surface area contributed by atoms with Gasteiger partial charge in [0.25, 0.3) is 0 Å². The Bertz CT molecular complexity index is 362. The molecule has 0 amide bonds. The van der Waals surface area contributed by atoms with E-state index in [0.717, 1.165) is 0 Å². The SMILES string of the molecule is FCC(F)(F)C(F)(F)C(F)(F)C(F)(F)C(F)=C(F)F. The third kappa shape index (κ3) is 2.48. The lowest BCUT2D eigenvalue weighted by Crippen LogP contribution is -2.63. The highest BCUT2D eigenvalue weighted by molar-refractivity contribution is 5.16. The van der Waals surface area contributed by atoms with Crippen LogP contribution in [0.3, 0.4) is 0 Å². The first-order chi connectivity index (χ1) is 8.16. The number of halogens is 12. The van der Waals surface area contributed by atoms with E-state index in [1.54, 1.807) is 0 Å². The Kier molecular flexibility index (Phi) is 4.50. The summed E-state index contributed by atoms with van der Waals surface area (Å²) in [6, 6.07) is 0. The van der Waals surface area contributed by atoms with Gasteiger partial charge in [0.15, 0.2) is 6.67 Å². The van der Waals surface area contributed by atoms with Crippen LogP contribution in [0.25, 0.3) is 0 Å². The highest BCUT2D eigenvalue weighted by atomic mass is 19.4. The van der Waals surface area contributed by atoms with Gasteiger partial charge in [-0.25, -0.2) is 4.39 Å². The minimum atomic E-state index is -7.29. The van der Waals surface area contributed by atoms with Crippen molar-refractivity contribution in [1.82, 2.24) is 0 Å². The van der Waals surface area contributed by atoms with Gasteiger partial charge in [-0.2, -0.15) is 48.3 Å². The van der Waals surface area contributed by atoms with Crippen molar-refractivity contribution in [2.45, 2.75) is 23.7 Å². The summed E-state index contributed by atoms with van der Waals surface area (Å²) in [6.07, 6.45) is -4.11. The molecule has 0 heterocycles. The number of hydrogen-bond acceptors (Lipinski definition) is 0. The molecule has 12 heteroatoms. The average Bonchev–Trinajstić information content (AvgIpc) is 2.26. The van der Waals surface area contributed by atoms with Gasteiger partial charge in [-0.05, 0) is 0 Å². The van der Waals surface area contributed by atoms with Crippen LogP contribution in [0.1, 0.15) is 0 Å². The van der Waals surface area contributed by atoms with E-state index in [2.05, 4.69) is 0 Å². The first-order valence-electron chi connectivity index (χ1n) is 3.95. The minimum absolute atomic E-state index is 3.49. The van der Waals surface area contributed by atoms with E-state index in [1.807, 2.05) is 0 Å². The molecule has 0 nitrogen and oxygen atoms in total. The van der Waals surface area contributed by atoms with Crippen molar-refractivity contribution >= 4 is 0 Å². The highest BCUT2D eigenvalue weighted by Crippen LogP contribution is 2.55. The summed E-state index contributed by atoms with van der Waals surface area (Å²) in [6.45, 7) is -3.49. The molecule has 0 aliphatic rings. The smallest absolute Gasteiger partial charge is 0.244 e. The Balaban J connectivity index is 5.94. The molecule has 0 spiro atoms. The topological polar surface area (TPSA) is 0 Å². The second-order valence-corrected chi connectivity index (χ2v) is 3.14. The van der Waals surface area contributed by atoms with Crippen molar-refractivity contribution in [3.63, 3.8) is 0 Å². The Morgan fingerprint density at radius 2 is 1.05 bits per heavy atom. The van der Waals surface area contributed by atoms with Gasteiger partial charge in [0.2, 0.25) is 5.83 Å². The van der Waals surface area contributed by atoms with Crippen molar-refractivity contribution in [2.75, 3.05) is 6.67 Å². The average molecular weight is 314 g/mol. The molecular formula is C7H2F12. The molecule has 0 N–H and O–H groups in total. The maximum Gasteiger partial charge on any atom is 0.385 e. The highest BCUT2D eigenvalue weighted by Gasteiger charge is 2.82. The summed E-state index contributed by atoms with van der Waals surface area (Å²) in [5.74, 6) is -32.0. The Morgan fingerprint density at radius 1 is 0.684 bits per heavy atom. The first-order valence-corrected chi connectivity index (χ1v) is 3.95. The first kappa shape index (κ1) is 17.9. The van der Waals surface area contributed by atoms with Crippen LogP contribution >= 0.6 is 0 Å². The summed E-state index contributed by atoms with van der Waals surface area (Å²) in [7, 11) is 0. The number of hydrogen-bond donors (Lipinski definition) is 0. The maximum atomic E-state index is 12.5. The van der Waals surface area contributed by atoms with Crippen LogP contribution in [0.5, 0.6) is 0 Å². The van der Waals surface area contributed by atoms with Gasteiger partial charge >= 0.3 is 29.8 Å². The van der Waals surface area contributed by atoms with E-state index < -0.39 is 42.3 Å². The zero-order valence-corrected chi connectivity index (χ0v) is 8.24. The van der Waals surface area contributed by atoms with E-state index in [0.29, 0.717) is 0 Å². The monoisotopic (exact) mass is 314 g/mol. The van der Waals surface area contributed by atoms with Gasteiger partial charge in [0, 0.05) is 0 Å². The second-order valence-electron chi connectivity index (χ2n) is 3.14. The zero-order valence-electron chi connectivity index (χ0n) is 8.24. The Labute approximate surface area is 96.2 Å². The Morgan fingerprint density at radius 3 is 1.32 bits per heavy atom. The Hall–Kier alpha value is -1.10. The third-order valence-electron chi connectivity index (χ3n) is 1.86. The van der Waals surface area contributed by atoms with Crippen LogP contribution in [0.4, 0.5) is 52.7 Å². The van der Waals surface area contributed by atoms with E-state index in [9.17, 15) is 52.7 Å². The molecule has 0 bridgehead atoms. The van der Waals surface area contributed by atoms with Crippen molar-refractivity contribution in [3.8, 4) is 0 Å².